The molecule has 110 valence electrons. The monoisotopic (exact) mass is 328 g/mol. The third-order valence-corrected chi connectivity index (χ3v) is 4.34. The molecule has 0 aromatic heterocycles. The Hall–Kier alpha value is -1.36. The number of carbonyl (C=O) groups excluding carboxylic acids is 1. The zero-order chi connectivity index (χ0) is 15.6. The Bertz CT molecular complexity index is 575. The number of rotatable bonds is 5. The van der Waals surface area contributed by atoms with E-state index < -0.39 is 44.1 Å². The SMILES string of the molecule is O=C(O)C(=O)OS(=O)(=O)C(F)(F)S(=O)(=O)OB(O)O. The van der Waals surface area contributed by atoms with Crippen LogP contribution in [0, 0.1) is 0 Å². The van der Waals surface area contributed by atoms with Gasteiger partial charge in [0.15, 0.2) is 0 Å². The zero-order valence-corrected chi connectivity index (χ0v) is 9.89. The van der Waals surface area contributed by atoms with Crippen LogP contribution in [0.4, 0.5) is 8.78 Å². The molecular weight excluding hydrogens is 325 g/mol. The molecule has 3 N–H and O–H groups in total. The van der Waals surface area contributed by atoms with Gasteiger partial charge in [-0.05, 0) is 0 Å². The molecule has 0 aliphatic heterocycles. The topological polar surface area (TPSA) is 182 Å². The van der Waals surface area contributed by atoms with Gasteiger partial charge in [-0.2, -0.15) is 25.6 Å². The lowest BCUT2D eigenvalue weighted by atomic mass is 10.3. The molecule has 0 bridgehead atoms. The van der Waals surface area contributed by atoms with Crippen molar-refractivity contribution in [2.45, 2.75) is 4.59 Å². The molecular formula is C3H3BF2O11S2. The van der Waals surface area contributed by atoms with Crippen LogP contribution >= 0.6 is 0 Å². The average molecular weight is 328 g/mol. The third-order valence-electron chi connectivity index (χ3n) is 1.15. The number of hydrogen-bond donors (Lipinski definition) is 3. The van der Waals surface area contributed by atoms with Gasteiger partial charge in [-0.25, -0.2) is 9.59 Å². The lowest BCUT2D eigenvalue weighted by molar-refractivity contribution is -0.158. The van der Waals surface area contributed by atoms with E-state index in [2.05, 4.69) is 8.28 Å². The molecule has 11 nitrogen and oxygen atoms in total. The van der Waals surface area contributed by atoms with E-state index in [-0.39, 0.29) is 0 Å². The first-order valence-electron chi connectivity index (χ1n) is 3.62. The van der Waals surface area contributed by atoms with Crippen molar-refractivity contribution in [1.29, 1.82) is 0 Å². The van der Waals surface area contributed by atoms with E-state index in [1.165, 1.54) is 0 Å². The van der Waals surface area contributed by atoms with Gasteiger partial charge in [-0.15, -0.1) is 0 Å². The van der Waals surface area contributed by atoms with Gasteiger partial charge in [-0.3, -0.25) is 4.10 Å². The van der Waals surface area contributed by atoms with Crippen LogP contribution in [0.3, 0.4) is 0 Å². The Morgan fingerprint density at radius 3 is 1.79 bits per heavy atom. The van der Waals surface area contributed by atoms with E-state index in [9.17, 15) is 35.2 Å². The van der Waals surface area contributed by atoms with E-state index in [1.807, 2.05) is 0 Å². The maximum atomic E-state index is 13.0. The first-order chi connectivity index (χ1) is 8.24. The van der Waals surface area contributed by atoms with Crippen molar-refractivity contribution >= 4 is 39.5 Å². The maximum Gasteiger partial charge on any atom is 0.649 e. The van der Waals surface area contributed by atoms with Crippen molar-refractivity contribution in [2.24, 2.45) is 0 Å². The van der Waals surface area contributed by atoms with Crippen molar-refractivity contribution < 1.29 is 58.6 Å². The van der Waals surface area contributed by atoms with Crippen molar-refractivity contribution in [3.8, 4) is 0 Å². The van der Waals surface area contributed by atoms with Gasteiger partial charge in [-0.1, -0.05) is 0 Å². The number of alkyl halides is 2. The van der Waals surface area contributed by atoms with Gasteiger partial charge in [0.2, 0.25) is 0 Å². The molecule has 0 heterocycles. The fraction of sp³-hybridized carbons (Fsp3) is 0.333. The summed E-state index contributed by atoms with van der Waals surface area (Å²) in [6, 6.07) is 0. The summed E-state index contributed by atoms with van der Waals surface area (Å²) in [5, 5.41) is 23.9. The molecule has 0 saturated heterocycles. The minimum atomic E-state index is -6.61. The fourth-order valence-electron chi connectivity index (χ4n) is 0.478. The molecule has 0 aromatic carbocycles. The highest BCUT2D eigenvalue weighted by molar-refractivity contribution is 8.06. The van der Waals surface area contributed by atoms with Crippen molar-refractivity contribution in [3.63, 3.8) is 0 Å². The van der Waals surface area contributed by atoms with E-state index in [0.29, 0.717) is 0 Å². The molecule has 0 fully saturated rings. The number of carboxylic acid groups (broad SMARTS) is 1. The van der Waals surface area contributed by atoms with Gasteiger partial charge in [0.1, 0.15) is 0 Å². The molecule has 0 aliphatic carbocycles. The number of carbonyl (C=O) groups is 2. The number of carboxylic acids is 1. The Kier molecular flexibility index (Phi) is 4.95. The van der Waals surface area contributed by atoms with E-state index in [4.69, 9.17) is 15.2 Å². The summed E-state index contributed by atoms with van der Waals surface area (Å²) in [4.78, 5) is 20.2. The van der Waals surface area contributed by atoms with Gasteiger partial charge < -0.3 is 19.3 Å². The maximum absolute atomic E-state index is 13.0. The lowest BCUT2D eigenvalue weighted by Gasteiger charge is -2.15. The van der Waals surface area contributed by atoms with Crippen LogP contribution in [-0.4, -0.2) is 55.8 Å². The second kappa shape index (κ2) is 5.33. The molecule has 0 amide bonds. The van der Waals surface area contributed by atoms with Crippen LogP contribution in [0.25, 0.3) is 0 Å². The third kappa shape index (κ3) is 3.80. The Balaban J connectivity index is 5.53. The van der Waals surface area contributed by atoms with Crippen LogP contribution in [0.2, 0.25) is 0 Å². The van der Waals surface area contributed by atoms with E-state index >= 15 is 0 Å². The molecule has 0 atom stereocenters. The molecule has 0 aromatic rings. The molecule has 0 spiro atoms. The second-order valence-electron chi connectivity index (χ2n) is 2.47. The van der Waals surface area contributed by atoms with Crippen molar-refractivity contribution in [1.82, 2.24) is 0 Å². The van der Waals surface area contributed by atoms with Crippen molar-refractivity contribution in [2.75, 3.05) is 0 Å². The Morgan fingerprint density at radius 1 is 1.05 bits per heavy atom. The van der Waals surface area contributed by atoms with Crippen molar-refractivity contribution in [3.05, 3.63) is 0 Å². The molecule has 0 unspecified atom stereocenters. The number of aliphatic carboxylic acids is 1. The highest BCUT2D eigenvalue weighted by atomic mass is 32.3. The predicted molar refractivity (Wildman–Crippen MR) is 47.8 cm³/mol. The van der Waals surface area contributed by atoms with Gasteiger partial charge >= 0.3 is 44.1 Å². The van der Waals surface area contributed by atoms with E-state index in [1.54, 1.807) is 0 Å². The largest absolute Gasteiger partial charge is 0.649 e. The normalized spacial score (nSPS) is 12.8. The highest BCUT2D eigenvalue weighted by Gasteiger charge is 2.63. The zero-order valence-electron chi connectivity index (χ0n) is 8.26. The molecule has 0 rings (SSSR count). The van der Waals surface area contributed by atoms with Crippen LogP contribution < -0.4 is 0 Å². The summed E-state index contributed by atoms with van der Waals surface area (Å²) in [6.07, 6.45) is 0. The smallest absolute Gasteiger partial charge is 0.473 e. The number of hydrogen-bond acceptors (Lipinski definition) is 10. The molecule has 19 heavy (non-hydrogen) atoms. The quantitative estimate of drug-likeness (QED) is 0.263. The van der Waals surface area contributed by atoms with E-state index in [0.717, 1.165) is 0 Å². The summed E-state index contributed by atoms with van der Waals surface area (Å²) in [7, 11) is -16.4. The van der Waals surface area contributed by atoms with Gasteiger partial charge in [0.25, 0.3) is 0 Å². The standard InChI is InChI=1S/C3H3BF2O11S2/c5-3(6,19(14,15)17-4(10)11)18(12,13)16-2(9)1(7)8/h10-11H,(H,7,8). The molecule has 16 heteroatoms. The highest BCUT2D eigenvalue weighted by Crippen LogP contribution is 2.31. The van der Waals surface area contributed by atoms with Gasteiger partial charge in [0, 0.05) is 0 Å². The Morgan fingerprint density at radius 2 is 1.47 bits per heavy atom. The lowest BCUT2D eigenvalue weighted by Crippen LogP contribution is -2.44. The second-order valence-corrected chi connectivity index (χ2v) is 5.93. The minimum absolute atomic E-state index is 2.60. The Labute approximate surface area is 103 Å². The van der Waals surface area contributed by atoms with Crippen LogP contribution in [0.15, 0.2) is 0 Å². The first-order valence-corrected chi connectivity index (χ1v) is 6.44. The molecule has 0 radical (unpaired) electrons. The summed E-state index contributed by atoms with van der Waals surface area (Å²) >= 11 is 0. The molecule has 0 saturated carbocycles. The average Bonchev–Trinajstić information content (AvgIpc) is 2.13. The summed E-state index contributed by atoms with van der Waals surface area (Å²) in [5.41, 5.74) is 0. The summed E-state index contributed by atoms with van der Waals surface area (Å²) < 4.78 is 68.4. The summed E-state index contributed by atoms with van der Waals surface area (Å²) in [6.45, 7) is 0. The van der Waals surface area contributed by atoms with Crippen LogP contribution in [-0.2, 0) is 38.1 Å². The molecule has 0 aliphatic rings. The first kappa shape index (κ1) is 17.6. The fourth-order valence-corrected chi connectivity index (χ4v) is 2.40. The predicted octanol–water partition coefficient (Wildman–Crippen LogP) is -3.19. The van der Waals surface area contributed by atoms with Crippen LogP contribution in [0.5, 0.6) is 0 Å². The number of halogens is 2. The van der Waals surface area contributed by atoms with Gasteiger partial charge in [0.05, 0.1) is 0 Å². The summed E-state index contributed by atoms with van der Waals surface area (Å²) in [5.74, 6) is -5.31. The minimum Gasteiger partial charge on any atom is -0.473 e. The van der Waals surface area contributed by atoms with Crippen LogP contribution in [0.1, 0.15) is 0 Å².